The first kappa shape index (κ1) is 17.0. The Balaban J connectivity index is 1.70. The van der Waals surface area contributed by atoms with Crippen LogP contribution in [0.5, 0.6) is 0 Å². The van der Waals surface area contributed by atoms with Gasteiger partial charge in [0.2, 0.25) is 0 Å². The maximum Gasteiger partial charge on any atom is 0.335 e. The molecule has 6 heteroatoms. The lowest BCUT2D eigenvalue weighted by molar-refractivity contribution is -0.122. The Morgan fingerprint density at radius 2 is 1.72 bits per heavy atom. The Morgan fingerprint density at radius 3 is 2.36 bits per heavy atom. The lowest BCUT2D eigenvalue weighted by Gasteiger charge is -2.12. The fourth-order valence-corrected chi connectivity index (χ4v) is 3.32. The Morgan fingerprint density at radius 1 is 1.04 bits per heavy atom. The van der Waals surface area contributed by atoms with Gasteiger partial charge in [0.25, 0.3) is 11.1 Å². The van der Waals surface area contributed by atoms with E-state index in [1.54, 1.807) is 18.2 Å². The van der Waals surface area contributed by atoms with Crippen molar-refractivity contribution in [1.82, 2.24) is 4.90 Å². The number of imide groups is 1. The number of hydrogen-bond donors (Lipinski definition) is 1. The monoisotopic (exact) mass is 353 g/mol. The Labute approximate surface area is 149 Å². The molecule has 1 aliphatic heterocycles. The Kier molecular flexibility index (Phi) is 5.00. The molecular formula is C19H15NO4S. The molecule has 25 heavy (non-hydrogen) atoms. The first-order chi connectivity index (χ1) is 12.0. The molecule has 1 fully saturated rings. The van der Waals surface area contributed by atoms with E-state index in [0.717, 1.165) is 17.3 Å². The van der Waals surface area contributed by atoms with E-state index in [9.17, 15) is 14.4 Å². The number of carbonyl (C=O) groups excluding carboxylic acids is 2. The fraction of sp³-hybridized carbons (Fsp3) is 0.105. The van der Waals surface area contributed by atoms with Crippen LogP contribution < -0.4 is 0 Å². The standard InChI is InChI=1S/C19H15NO4S/c21-17-16(12-14-6-8-15(9-7-14)18(22)23)25-19(24)20(17)11-10-13-4-2-1-3-5-13/h1-9,12H,10-11H2,(H,22,23)/b16-12+. The SMILES string of the molecule is O=C(O)c1ccc(/C=C2/SC(=O)N(CCc3ccccc3)C2=O)cc1. The number of carbonyl (C=O) groups is 3. The number of benzene rings is 2. The van der Waals surface area contributed by atoms with Gasteiger partial charge in [-0.05, 0) is 47.5 Å². The van der Waals surface area contributed by atoms with Crippen LogP contribution in [0.15, 0.2) is 59.5 Å². The average molecular weight is 353 g/mol. The van der Waals surface area contributed by atoms with Crippen molar-refractivity contribution < 1.29 is 19.5 Å². The van der Waals surface area contributed by atoms with Crippen LogP contribution >= 0.6 is 11.8 Å². The van der Waals surface area contributed by atoms with Crippen LogP contribution in [0.2, 0.25) is 0 Å². The maximum absolute atomic E-state index is 12.4. The summed E-state index contributed by atoms with van der Waals surface area (Å²) < 4.78 is 0. The summed E-state index contributed by atoms with van der Waals surface area (Å²) >= 11 is 0.904. The van der Waals surface area contributed by atoms with Gasteiger partial charge in [-0.2, -0.15) is 0 Å². The summed E-state index contributed by atoms with van der Waals surface area (Å²) in [5.41, 5.74) is 1.92. The fourth-order valence-electron chi connectivity index (χ4n) is 2.45. The third-order valence-corrected chi connectivity index (χ3v) is 4.70. The molecule has 2 aromatic rings. The molecule has 5 nitrogen and oxygen atoms in total. The van der Waals surface area contributed by atoms with E-state index in [1.807, 2.05) is 30.3 Å². The summed E-state index contributed by atoms with van der Waals surface area (Å²) in [7, 11) is 0. The van der Waals surface area contributed by atoms with Gasteiger partial charge in [-0.25, -0.2) is 4.79 Å². The number of hydrogen-bond acceptors (Lipinski definition) is 4. The highest BCUT2D eigenvalue weighted by Crippen LogP contribution is 2.32. The summed E-state index contributed by atoms with van der Waals surface area (Å²) in [6.07, 6.45) is 2.22. The van der Waals surface area contributed by atoms with Gasteiger partial charge in [0, 0.05) is 6.54 Å². The van der Waals surface area contributed by atoms with Gasteiger partial charge in [0.15, 0.2) is 0 Å². The van der Waals surface area contributed by atoms with Crippen molar-refractivity contribution >= 4 is 35.0 Å². The van der Waals surface area contributed by atoms with E-state index >= 15 is 0 Å². The van der Waals surface area contributed by atoms with Gasteiger partial charge in [-0.15, -0.1) is 0 Å². The first-order valence-corrected chi connectivity index (χ1v) is 8.49. The molecule has 1 saturated heterocycles. The van der Waals surface area contributed by atoms with Crippen LogP contribution in [0.3, 0.4) is 0 Å². The van der Waals surface area contributed by atoms with Crippen LogP contribution in [-0.2, 0) is 11.2 Å². The molecule has 0 bridgehead atoms. The van der Waals surface area contributed by atoms with E-state index in [4.69, 9.17) is 5.11 Å². The third-order valence-electron chi connectivity index (χ3n) is 3.80. The first-order valence-electron chi connectivity index (χ1n) is 7.67. The lowest BCUT2D eigenvalue weighted by atomic mass is 10.1. The Hall–Kier alpha value is -2.86. The van der Waals surface area contributed by atoms with Crippen molar-refractivity contribution in [1.29, 1.82) is 0 Å². The maximum atomic E-state index is 12.4. The van der Waals surface area contributed by atoms with Crippen molar-refractivity contribution in [3.63, 3.8) is 0 Å². The zero-order valence-corrected chi connectivity index (χ0v) is 14.0. The third kappa shape index (κ3) is 3.97. The van der Waals surface area contributed by atoms with Crippen LogP contribution in [0.1, 0.15) is 21.5 Å². The molecule has 0 radical (unpaired) electrons. The topological polar surface area (TPSA) is 74.7 Å². The normalized spacial score (nSPS) is 15.8. The number of nitrogens with zero attached hydrogens (tertiary/aromatic N) is 1. The molecule has 3 rings (SSSR count). The second-order valence-electron chi connectivity index (χ2n) is 5.50. The van der Waals surface area contributed by atoms with Crippen LogP contribution in [0, 0.1) is 0 Å². The summed E-state index contributed by atoms with van der Waals surface area (Å²) in [4.78, 5) is 37.0. The van der Waals surface area contributed by atoms with Crippen LogP contribution in [0.4, 0.5) is 4.79 Å². The molecule has 1 N–H and O–H groups in total. The van der Waals surface area contributed by atoms with Crippen molar-refractivity contribution in [2.45, 2.75) is 6.42 Å². The predicted octanol–water partition coefficient (Wildman–Crippen LogP) is 3.66. The molecule has 0 saturated carbocycles. The molecule has 2 amide bonds. The van der Waals surface area contributed by atoms with Crippen LogP contribution in [0.25, 0.3) is 6.08 Å². The lowest BCUT2D eigenvalue weighted by Crippen LogP contribution is -2.30. The van der Waals surface area contributed by atoms with Crippen LogP contribution in [-0.4, -0.2) is 33.7 Å². The van der Waals surface area contributed by atoms with Crippen molar-refractivity contribution in [2.75, 3.05) is 6.54 Å². The van der Waals surface area contributed by atoms with Gasteiger partial charge in [0.1, 0.15) is 0 Å². The number of amides is 2. The molecule has 1 heterocycles. The number of rotatable bonds is 5. The van der Waals surface area contributed by atoms with E-state index in [2.05, 4.69) is 0 Å². The molecule has 2 aromatic carbocycles. The summed E-state index contributed by atoms with van der Waals surface area (Å²) in [6, 6.07) is 15.8. The minimum absolute atomic E-state index is 0.174. The quantitative estimate of drug-likeness (QED) is 0.830. The minimum atomic E-state index is -1.01. The number of thioether (sulfide) groups is 1. The van der Waals surface area contributed by atoms with Gasteiger partial charge >= 0.3 is 5.97 Å². The minimum Gasteiger partial charge on any atom is -0.478 e. The number of carboxylic acid groups (broad SMARTS) is 1. The van der Waals surface area contributed by atoms with E-state index in [-0.39, 0.29) is 16.7 Å². The molecule has 0 unspecified atom stereocenters. The largest absolute Gasteiger partial charge is 0.478 e. The average Bonchev–Trinajstić information content (AvgIpc) is 2.88. The van der Waals surface area contributed by atoms with E-state index in [0.29, 0.717) is 23.4 Å². The van der Waals surface area contributed by atoms with Gasteiger partial charge < -0.3 is 5.11 Å². The predicted molar refractivity (Wildman–Crippen MR) is 96.2 cm³/mol. The highest BCUT2D eigenvalue weighted by atomic mass is 32.2. The summed E-state index contributed by atoms with van der Waals surface area (Å²) in [6.45, 7) is 0.337. The van der Waals surface area contributed by atoms with E-state index < -0.39 is 5.97 Å². The molecule has 0 aromatic heterocycles. The zero-order chi connectivity index (χ0) is 17.8. The number of carboxylic acids is 1. The summed E-state index contributed by atoms with van der Waals surface area (Å²) in [5.74, 6) is -1.32. The molecule has 0 spiro atoms. The Bertz CT molecular complexity index is 843. The smallest absolute Gasteiger partial charge is 0.335 e. The summed E-state index contributed by atoms with van der Waals surface area (Å²) in [5, 5.41) is 8.62. The van der Waals surface area contributed by atoms with Gasteiger partial charge in [-0.3, -0.25) is 14.5 Å². The van der Waals surface area contributed by atoms with Gasteiger partial charge in [0.05, 0.1) is 10.5 Å². The van der Waals surface area contributed by atoms with E-state index in [1.165, 1.54) is 17.0 Å². The highest BCUT2D eigenvalue weighted by molar-refractivity contribution is 8.18. The molecular weight excluding hydrogens is 338 g/mol. The molecule has 1 aliphatic rings. The second kappa shape index (κ2) is 7.36. The van der Waals surface area contributed by atoms with Crippen molar-refractivity contribution in [3.05, 3.63) is 76.2 Å². The second-order valence-corrected chi connectivity index (χ2v) is 6.49. The zero-order valence-electron chi connectivity index (χ0n) is 13.2. The molecule has 0 aliphatic carbocycles. The molecule has 0 atom stereocenters. The number of aromatic carboxylic acids is 1. The van der Waals surface area contributed by atoms with Gasteiger partial charge in [-0.1, -0.05) is 42.5 Å². The highest BCUT2D eigenvalue weighted by Gasteiger charge is 2.34. The van der Waals surface area contributed by atoms with Crippen molar-refractivity contribution in [2.24, 2.45) is 0 Å². The molecule has 126 valence electrons. The van der Waals surface area contributed by atoms with Crippen molar-refractivity contribution in [3.8, 4) is 0 Å².